The molecule has 1 aromatic rings. The zero-order chi connectivity index (χ0) is 15.1. The van der Waals surface area contributed by atoms with Gasteiger partial charge in [-0.25, -0.2) is 4.39 Å². The summed E-state index contributed by atoms with van der Waals surface area (Å²) in [6, 6.07) is 4.75. The van der Waals surface area contributed by atoms with Gasteiger partial charge >= 0.3 is 0 Å². The molecular formula is C16H26Cl2FN3O. The van der Waals surface area contributed by atoms with Gasteiger partial charge in [0.05, 0.1) is 5.69 Å². The van der Waals surface area contributed by atoms with Gasteiger partial charge in [-0.15, -0.1) is 24.8 Å². The first-order valence-corrected chi connectivity index (χ1v) is 7.75. The largest absolute Gasteiger partial charge is 0.369 e. The van der Waals surface area contributed by atoms with Gasteiger partial charge in [-0.05, 0) is 44.0 Å². The highest BCUT2D eigenvalue weighted by atomic mass is 35.5. The Bertz CT molecular complexity index is 482. The average Bonchev–Trinajstić information content (AvgIpc) is 3.00. The number of carbonyl (C=O) groups excluding carboxylic acids is 1. The molecule has 1 fully saturated rings. The summed E-state index contributed by atoms with van der Waals surface area (Å²) in [5.74, 6) is -0.533. The van der Waals surface area contributed by atoms with Crippen molar-refractivity contribution in [2.75, 3.05) is 37.6 Å². The second-order valence-corrected chi connectivity index (χ2v) is 5.37. The molecule has 0 spiro atoms. The van der Waals surface area contributed by atoms with Crippen LogP contribution in [0.3, 0.4) is 0 Å². The Morgan fingerprint density at radius 1 is 1.17 bits per heavy atom. The summed E-state index contributed by atoms with van der Waals surface area (Å²) in [5, 5.41) is 6.00. The molecule has 1 aliphatic heterocycles. The van der Waals surface area contributed by atoms with Gasteiger partial charge in [-0.3, -0.25) is 4.79 Å². The first-order valence-electron chi connectivity index (χ1n) is 7.75. The lowest BCUT2D eigenvalue weighted by Crippen LogP contribution is -2.32. The van der Waals surface area contributed by atoms with Crippen LogP contribution in [-0.4, -0.2) is 38.6 Å². The highest BCUT2D eigenvalue weighted by Crippen LogP contribution is 2.24. The summed E-state index contributed by atoms with van der Waals surface area (Å²) in [6.45, 7) is 6.10. The van der Waals surface area contributed by atoms with Crippen LogP contribution in [0.1, 0.15) is 36.5 Å². The van der Waals surface area contributed by atoms with E-state index in [1.54, 1.807) is 12.1 Å². The smallest absolute Gasteiger partial charge is 0.251 e. The third-order valence-corrected chi connectivity index (χ3v) is 3.67. The van der Waals surface area contributed by atoms with Crippen molar-refractivity contribution in [1.82, 2.24) is 10.6 Å². The molecule has 4 nitrogen and oxygen atoms in total. The Morgan fingerprint density at radius 3 is 2.48 bits per heavy atom. The maximum absolute atomic E-state index is 14.1. The van der Waals surface area contributed by atoms with E-state index >= 15 is 0 Å². The van der Waals surface area contributed by atoms with E-state index in [0.29, 0.717) is 17.8 Å². The third-order valence-electron chi connectivity index (χ3n) is 3.67. The van der Waals surface area contributed by atoms with E-state index in [-0.39, 0.29) is 36.5 Å². The second-order valence-electron chi connectivity index (χ2n) is 5.37. The van der Waals surface area contributed by atoms with E-state index in [4.69, 9.17) is 0 Å². The SMILES string of the molecule is CCCNCCNC(=O)c1ccc(N2CCCC2)c(F)c1.Cl.Cl. The monoisotopic (exact) mass is 365 g/mol. The zero-order valence-corrected chi connectivity index (χ0v) is 15.1. The van der Waals surface area contributed by atoms with Crippen LogP contribution in [-0.2, 0) is 0 Å². The fourth-order valence-corrected chi connectivity index (χ4v) is 2.53. The number of carbonyl (C=O) groups is 1. The van der Waals surface area contributed by atoms with E-state index in [9.17, 15) is 9.18 Å². The quantitative estimate of drug-likeness (QED) is 0.730. The molecule has 0 aromatic heterocycles. The maximum atomic E-state index is 14.1. The lowest BCUT2D eigenvalue weighted by atomic mass is 10.1. The van der Waals surface area contributed by atoms with Gasteiger partial charge in [0.1, 0.15) is 5.82 Å². The summed E-state index contributed by atoms with van der Waals surface area (Å²) >= 11 is 0. The van der Waals surface area contributed by atoms with Crippen LogP contribution in [0.25, 0.3) is 0 Å². The van der Waals surface area contributed by atoms with Crippen LogP contribution in [0.4, 0.5) is 10.1 Å². The van der Waals surface area contributed by atoms with Crippen molar-refractivity contribution in [3.05, 3.63) is 29.6 Å². The molecule has 2 N–H and O–H groups in total. The molecule has 1 amide bonds. The van der Waals surface area contributed by atoms with Crippen molar-refractivity contribution in [2.24, 2.45) is 0 Å². The molecule has 0 saturated carbocycles. The van der Waals surface area contributed by atoms with Crippen LogP contribution in [0, 0.1) is 5.82 Å². The first kappa shape index (κ1) is 22.0. The standard InChI is InChI=1S/C16H24FN3O.2ClH/c1-2-7-18-8-9-19-16(21)13-5-6-15(14(17)12-13)20-10-3-4-11-20;;/h5-6,12,18H,2-4,7-11H2,1H3,(H,19,21);2*1H. The summed E-state index contributed by atoms with van der Waals surface area (Å²) in [6.07, 6.45) is 3.27. The van der Waals surface area contributed by atoms with E-state index in [0.717, 1.165) is 45.4 Å². The Labute approximate surface area is 150 Å². The van der Waals surface area contributed by atoms with Gasteiger partial charge in [0.2, 0.25) is 0 Å². The Balaban J connectivity index is 0.00000242. The van der Waals surface area contributed by atoms with Crippen LogP contribution in [0.15, 0.2) is 18.2 Å². The van der Waals surface area contributed by atoms with Crippen molar-refractivity contribution in [3.8, 4) is 0 Å². The van der Waals surface area contributed by atoms with Crippen molar-refractivity contribution < 1.29 is 9.18 Å². The number of rotatable bonds is 7. The summed E-state index contributed by atoms with van der Waals surface area (Å²) in [7, 11) is 0. The highest BCUT2D eigenvalue weighted by molar-refractivity contribution is 5.94. The van der Waals surface area contributed by atoms with Crippen molar-refractivity contribution in [1.29, 1.82) is 0 Å². The Kier molecular flexibility index (Phi) is 11.0. The van der Waals surface area contributed by atoms with E-state index < -0.39 is 0 Å². The number of anilines is 1. The molecule has 132 valence electrons. The fraction of sp³-hybridized carbons (Fsp3) is 0.562. The number of halogens is 3. The highest BCUT2D eigenvalue weighted by Gasteiger charge is 2.17. The van der Waals surface area contributed by atoms with Crippen LogP contribution < -0.4 is 15.5 Å². The minimum atomic E-state index is -0.311. The van der Waals surface area contributed by atoms with E-state index in [1.165, 1.54) is 6.07 Å². The van der Waals surface area contributed by atoms with E-state index in [2.05, 4.69) is 17.6 Å². The molecule has 1 aromatic carbocycles. The van der Waals surface area contributed by atoms with Gasteiger partial charge < -0.3 is 15.5 Å². The summed E-state index contributed by atoms with van der Waals surface area (Å²) in [5.41, 5.74) is 0.986. The normalized spacial score (nSPS) is 13.2. The van der Waals surface area contributed by atoms with Crippen LogP contribution in [0.2, 0.25) is 0 Å². The predicted octanol–water partition coefficient (Wildman–Crippen LogP) is 3.00. The lowest BCUT2D eigenvalue weighted by Gasteiger charge is -2.18. The topological polar surface area (TPSA) is 44.4 Å². The third kappa shape index (κ3) is 6.53. The number of benzene rings is 1. The average molecular weight is 366 g/mol. The van der Waals surface area contributed by atoms with Gasteiger partial charge in [0.15, 0.2) is 0 Å². The molecule has 0 aliphatic carbocycles. The molecular weight excluding hydrogens is 340 g/mol. The maximum Gasteiger partial charge on any atom is 0.251 e. The summed E-state index contributed by atoms with van der Waals surface area (Å²) in [4.78, 5) is 14.0. The van der Waals surface area contributed by atoms with Crippen LogP contribution in [0.5, 0.6) is 0 Å². The Morgan fingerprint density at radius 2 is 1.87 bits per heavy atom. The molecule has 23 heavy (non-hydrogen) atoms. The molecule has 0 bridgehead atoms. The molecule has 0 radical (unpaired) electrons. The van der Waals surface area contributed by atoms with Crippen LogP contribution >= 0.6 is 24.8 Å². The second kappa shape index (κ2) is 11.5. The lowest BCUT2D eigenvalue weighted by molar-refractivity contribution is 0.0953. The molecule has 0 atom stereocenters. The van der Waals surface area contributed by atoms with E-state index in [1.807, 2.05) is 4.90 Å². The van der Waals surface area contributed by atoms with Gasteiger partial charge in [0, 0.05) is 31.7 Å². The minimum absolute atomic E-state index is 0. The van der Waals surface area contributed by atoms with Crippen molar-refractivity contribution in [3.63, 3.8) is 0 Å². The predicted molar refractivity (Wildman–Crippen MR) is 97.8 cm³/mol. The fourth-order valence-electron chi connectivity index (χ4n) is 2.53. The molecule has 7 heteroatoms. The molecule has 1 aliphatic rings. The van der Waals surface area contributed by atoms with Crippen molar-refractivity contribution >= 4 is 36.4 Å². The number of hydrogen-bond acceptors (Lipinski definition) is 3. The Hall–Kier alpha value is -1.04. The van der Waals surface area contributed by atoms with Crippen molar-refractivity contribution in [2.45, 2.75) is 26.2 Å². The minimum Gasteiger partial charge on any atom is -0.369 e. The molecule has 0 unspecified atom stereocenters. The number of nitrogens with one attached hydrogen (secondary N) is 2. The van der Waals surface area contributed by atoms with Gasteiger partial charge in [-0.1, -0.05) is 6.92 Å². The molecule has 1 saturated heterocycles. The summed E-state index contributed by atoms with van der Waals surface area (Å²) < 4.78 is 14.1. The number of nitrogens with zero attached hydrogens (tertiary/aromatic N) is 1. The first-order chi connectivity index (χ1) is 10.2. The van der Waals surface area contributed by atoms with Gasteiger partial charge in [0.25, 0.3) is 5.91 Å². The zero-order valence-electron chi connectivity index (χ0n) is 13.4. The molecule has 2 rings (SSSR count). The number of hydrogen-bond donors (Lipinski definition) is 2. The molecule has 1 heterocycles. The number of amides is 1. The van der Waals surface area contributed by atoms with Gasteiger partial charge in [-0.2, -0.15) is 0 Å².